The molecule has 2 heterocycles. The summed E-state index contributed by atoms with van der Waals surface area (Å²) < 4.78 is 1.68. The van der Waals surface area contributed by atoms with E-state index >= 15 is 0 Å². The molecule has 1 unspecified atom stereocenters. The predicted molar refractivity (Wildman–Crippen MR) is 68.7 cm³/mol. The van der Waals surface area contributed by atoms with E-state index in [2.05, 4.69) is 20.3 Å². The summed E-state index contributed by atoms with van der Waals surface area (Å²) in [6.07, 6.45) is 5.15. The Bertz CT molecular complexity index is 692. The van der Waals surface area contributed by atoms with Gasteiger partial charge in [-0.15, -0.1) is 16.7 Å². The molecule has 0 aliphatic rings. The molecule has 6 heteroatoms. The quantitative estimate of drug-likeness (QED) is 0.664. The number of fused-ring (bicyclic) bond motifs is 1. The average molecular weight is 260 g/mol. The molecule has 0 fully saturated rings. The summed E-state index contributed by atoms with van der Waals surface area (Å²) >= 11 is 5.96. The molecule has 1 aromatic carbocycles. The number of aromatic nitrogens is 5. The van der Waals surface area contributed by atoms with Gasteiger partial charge in [-0.2, -0.15) is 0 Å². The third kappa shape index (κ3) is 1.93. The Labute approximate surface area is 108 Å². The summed E-state index contributed by atoms with van der Waals surface area (Å²) in [5.41, 5.74) is 3.31. The van der Waals surface area contributed by atoms with Crippen LogP contribution in [0.4, 0.5) is 0 Å². The molecule has 3 rings (SSSR count). The summed E-state index contributed by atoms with van der Waals surface area (Å²) in [6, 6.07) is 5.75. The molecule has 0 radical (unpaired) electrons. The van der Waals surface area contributed by atoms with Gasteiger partial charge in [0.1, 0.15) is 5.69 Å². The van der Waals surface area contributed by atoms with E-state index < -0.39 is 0 Å². The fourth-order valence-corrected chi connectivity index (χ4v) is 1.78. The summed E-state index contributed by atoms with van der Waals surface area (Å²) in [5.74, 6) is 0. The Balaban J connectivity index is 2.07. The predicted octanol–water partition coefficient (Wildman–Crippen LogP) is 2.51. The molecular formula is C12H10ClN5. The topological polar surface area (TPSA) is 56.5 Å². The van der Waals surface area contributed by atoms with Crippen LogP contribution in [0.1, 0.15) is 18.0 Å². The van der Waals surface area contributed by atoms with Crippen molar-refractivity contribution in [2.75, 3.05) is 0 Å². The molecule has 0 saturated heterocycles. The monoisotopic (exact) mass is 259 g/mol. The minimum atomic E-state index is -0.154. The Morgan fingerprint density at radius 2 is 1.94 bits per heavy atom. The summed E-state index contributed by atoms with van der Waals surface area (Å²) in [7, 11) is 0. The third-order valence-electron chi connectivity index (χ3n) is 2.64. The molecule has 5 nitrogen and oxygen atoms in total. The van der Waals surface area contributed by atoms with E-state index in [-0.39, 0.29) is 5.38 Å². The van der Waals surface area contributed by atoms with Crippen molar-refractivity contribution in [1.82, 2.24) is 25.0 Å². The van der Waals surface area contributed by atoms with Crippen molar-refractivity contribution in [3.63, 3.8) is 0 Å². The average Bonchev–Trinajstić information content (AvgIpc) is 2.88. The highest BCUT2D eigenvalue weighted by Crippen LogP contribution is 2.18. The largest absolute Gasteiger partial charge is 0.253 e. The van der Waals surface area contributed by atoms with E-state index in [9.17, 15) is 0 Å². The molecule has 90 valence electrons. The number of halogens is 1. The van der Waals surface area contributed by atoms with Crippen LogP contribution >= 0.6 is 11.6 Å². The second kappa shape index (κ2) is 4.34. The molecule has 0 bridgehead atoms. The van der Waals surface area contributed by atoms with Gasteiger partial charge in [-0.1, -0.05) is 5.21 Å². The highest BCUT2D eigenvalue weighted by atomic mass is 35.5. The molecule has 3 aromatic rings. The zero-order valence-electron chi connectivity index (χ0n) is 9.66. The van der Waals surface area contributed by atoms with Gasteiger partial charge >= 0.3 is 0 Å². The van der Waals surface area contributed by atoms with Crippen molar-refractivity contribution in [3.05, 3.63) is 42.5 Å². The molecular weight excluding hydrogens is 250 g/mol. The Hall–Kier alpha value is -2.01. The first kappa shape index (κ1) is 11.1. The van der Waals surface area contributed by atoms with E-state index in [1.54, 1.807) is 17.1 Å². The molecule has 0 aliphatic heterocycles. The third-order valence-corrected chi connectivity index (χ3v) is 2.86. The van der Waals surface area contributed by atoms with Gasteiger partial charge in [-0.05, 0) is 25.1 Å². The van der Waals surface area contributed by atoms with Gasteiger partial charge in [0, 0.05) is 12.4 Å². The van der Waals surface area contributed by atoms with Crippen LogP contribution < -0.4 is 0 Å². The highest BCUT2D eigenvalue weighted by molar-refractivity contribution is 6.20. The normalized spacial score (nSPS) is 12.8. The van der Waals surface area contributed by atoms with Gasteiger partial charge < -0.3 is 0 Å². The molecule has 18 heavy (non-hydrogen) atoms. The SMILES string of the molecule is CC(Cl)c1cn(-c2ccc3nccnc3c2)nn1. The van der Waals surface area contributed by atoms with Crippen molar-refractivity contribution in [2.24, 2.45) is 0 Å². The van der Waals surface area contributed by atoms with Crippen molar-refractivity contribution in [3.8, 4) is 5.69 Å². The van der Waals surface area contributed by atoms with Crippen LogP contribution in [-0.4, -0.2) is 25.0 Å². The smallest absolute Gasteiger partial charge is 0.101 e. The first-order chi connectivity index (χ1) is 8.74. The van der Waals surface area contributed by atoms with Gasteiger partial charge in [0.05, 0.1) is 28.3 Å². The van der Waals surface area contributed by atoms with Crippen LogP contribution in [0.5, 0.6) is 0 Å². The second-order valence-electron chi connectivity index (χ2n) is 3.93. The Kier molecular flexibility index (Phi) is 2.68. The Morgan fingerprint density at radius 3 is 2.67 bits per heavy atom. The number of alkyl halides is 1. The molecule has 0 aliphatic carbocycles. The van der Waals surface area contributed by atoms with Gasteiger partial charge in [0.25, 0.3) is 0 Å². The minimum absolute atomic E-state index is 0.154. The molecule has 0 spiro atoms. The fraction of sp³-hybridized carbons (Fsp3) is 0.167. The molecule has 0 N–H and O–H groups in total. The van der Waals surface area contributed by atoms with Crippen LogP contribution in [0.3, 0.4) is 0 Å². The van der Waals surface area contributed by atoms with E-state index in [0.29, 0.717) is 0 Å². The van der Waals surface area contributed by atoms with Crippen LogP contribution in [0.2, 0.25) is 0 Å². The molecule has 2 aromatic heterocycles. The lowest BCUT2D eigenvalue weighted by Crippen LogP contribution is -1.95. The number of hydrogen-bond donors (Lipinski definition) is 0. The number of hydrogen-bond acceptors (Lipinski definition) is 4. The van der Waals surface area contributed by atoms with Gasteiger partial charge in [-0.3, -0.25) is 9.97 Å². The van der Waals surface area contributed by atoms with E-state index in [1.165, 1.54) is 0 Å². The van der Waals surface area contributed by atoms with Gasteiger partial charge in [0.15, 0.2) is 0 Å². The summed E-state index contributed by atoms with van der Waals surface area (Å²) in [4.78, 5) is 8.48. The van der Waals surface area contributed by atoms with Crippen molar-refractivity contribution < 1.29 is 0 Å². The van der Waals surface area contributed by atoms with Crippen LogP contribution in [0, 0.1) is 0 Å². The summed E-state index contributed by atoms with van der Waals surface area (Å²) in [5, 5.41) is 7.91. The molecule has 0 saturated carbocycles. The van der Waals surface area contributed by atoms with Crippen LogP contribution in [0.15, 0.2) is 36.8 Å². The first-order valence-electron chi connectivity index (χ1n) is 5.51. The van der Waals surface area contributed by atoms with Crippen LogP contribution in [-0.2, 0) is 0 Å². The van der Waals surface area contributed by atoms with Gasteiger partial charge in [-0.25, -0.2) is 4.68 Å². The van der Waals surface area contributed by atoms with E-state index in [1.807, 2.05) is 31.3 Å². The number of benzene rings is 1. The van der Waals surface area contributed by atoms with E-state index in [4.69, 9.17) is 11.6 Å². The van der Waals surface area contributed by atoms with Crippen molar-refractivity contribution >= 4 is 22.6 Å². The number of nitrogens with zero attached hydrogens (tertiary/aromatic N) is 5. The highest BCUT2D eigenvalue weighted by Gasteiger charge is 2.08. The maximum Gasteiger partial charge on any atom is 0.101 e. The van der Waals surface area contributed by atoms with Crippen LogP contribution in [0.25, 0.3) is 16.7 Å². The zero-order valence-corrected chi connectivity index (χ0v) is 10.4. The van der Waals surface area contributed by atoms with Crippen molar-refractivity contribution in [1.29, 1.82) is 0 Å². The lowest BCUT2D eigenvalue weighted by molar-refractivity contribution is 0.797. The lowest BCUT2D eigenvalue weighted by Gasteiger charge is -2.01. The minimum Gasteiger partial charge on any atom is -0.253 e. The summed E-state index contributed by atoms with van der Waals surface area (Å²) in [6.45, 7) is 1.86. The fourth-order valence-electron chi connectivity index (χ4n) is 1.68. The molecule has 1 atom stereocenters. The van der Waals surface area contributed by atoms with E-state index in [0.717, 1.165) is 22.4 Å². The second-order valence-corrected chi connectivity index (χ2v) is 4.59. The number of rotatable bonds is 2. The first-order valence-corrected chi connectivity index (χ1v) is 5.95. The van der Waals surface area contributed by atoms with Crippen molar-refractivity contribution in [2.45, 2.75) is 12.3 Å². The molecule has 0 amide bonds. The maximum absolute atomic E-state index is 5.96. The zero-order chi connectivity index (χ0) is 12.5. The maximum atomic E-state index is 5.96. The Morgan fingerprint density at radius 1 is 1.17 bits per heavy atom. The van der Waals surface area contributed by atoms with Gasteiger partial charge in [0.2, 0.25) is 0 Å². The standard InChI is InChI=1S/C12H10ClN5/c1-8(13)12-7-18(17-16-12)9-2-3-10-11(6-9)15-5-4-14-10/h2-8H,1H3. The lowest BCUT2D eigenvalue weighted by atomic mass is 10.2.